The van der Waals surface area contributed by atoms with Gasteiger partial charge in [0.15, 0.2) is 0 Å². The van der Waals surface area contributed by atoms with Crippen LogP contribution in [0.2, 0.25) is 0 Å². The molecule has 0 N–H and O–H groups in total. The minimum absolute atomic E-state index is 0.222. The monoisotopic (exact) mass is 301 g/mol. The first-order valence-electron chi connectivity index (χ1n) is 6.69. The first kappa shape index (κ1) is 14.8. The van der Waals surface area contributed by atoms with Gasteiger partial charge in [0.05, 0.1) is 4.90 Å². The fourth-order valence-electron chi connectivity index (χ4n) is 2.48. The Morgan fingerprint density at radius 2 is 2.00 bits per heavy atom. The maximum atomic E-state index is 12.7. The van der Waals surface area contributed by atoms with Gasteiger partial charge in [-0.15, -0.1) is 11.6 Å². The van der Waals surface area contributed by atoms with Crippen LogP contribution in [0.5, 0.6) is 0 Å². The van der Waals surface area contributed by atoms with E-state index in [1.54, 1.807) is 22.5 Å². The molecule has 0 spiro atoms. The van der Waals surface area contributed by atoms with Crippen LogP contribution in [0.25, 0.3) is 0 Å². The molecule has 1 heterocycles. The molecule has 1 aliphatic heterocycles. The molecule has 0 saturated carbocycles. The standard InChI is InChI=1S/C14H20ClNO2S/c1-12-5-4-9-16(10-8-12)19(17,18)14-7-3-2-6-13(14)11-15/h2-3,6-7,12H,4-5,8-11H2,1H3. The second-order valence-electron chi connectivity index (χ2n) is 5.18. The van der Waals surface area contributed by atoms with E-state index in [2.05, 4.69) is 6.92 Å². The number of hydrogen-bond acceptors (Lipinski definition) is 2. The molecular formula is C14H20ClNO2S. The first-order chi connectivity index (χ1) is 9.05. The molecule has 1 saturated heterocycles. The molecule has 0 bridgehead atoms. The maximum Gasteiger partial charge on any atom is 0.243 e. The van der Waals surface area contributed by atoms with E-state index in [0.717, 1.165) is 19.3 Å². The van der Waals surface area contributed by atoms with Crippen molar-refractivity contribution in [1.29, 1.82) is 0 Å². The highest BCUT2D eigenvalue weighted by molar-refractivity contribution is 7.89. The van der Waals surface area contributed by atoms with Crippen molar-refractivity contribution in [3.05, 3.63) is 29.8 Å². The number of sulfonamides is 1. The summed E-state index contributed by atoms with van der Waals surface area (Å²) in [7, 11) is -3.40. The van der Waals surface area contributed by atoms with Crippen molar-refractivity contribution in [2.24, 2.45) is 5.92 Å². The van der Waals surface area contributed by atoms with Crippen molar-refractivity contribution in [2.45, 2.75) is 37.0 Å². The summed E-state index contributed by atoms with van der Waals surface area (Å²) in [5.41, 5.74) is 0.682. The van der Waals surface area contributed by atoms with Crippen molar-refractivity contribution in [2.75, 3.05) is 13.1 Å². The number of halogens is 1. The third-order valence-electron chi connectivity index (χ3n) is 3.71. The quantitative estimate of drug-likeness (QED) is 0.804. The minimum atomic E-state index is -3.40. The van der Waals surface area contributed by atoms with Crippen molar-refractivity contribution >= 4 is 21.6 Å². The Kier molecular flexibility index (Phi) is 4.87. The third kappa shape index (κ3) is 3.30. The lowest BCUT2D eigenvalue weighted by Gasteiger charge is -2.21. The van der Waals surface area contributed by atoms with E-state index in [0.29, 0.717) is 29.5 Å². The van der Waals surface area contributed by atoms with Gasteiger partial charge in [-0.2, -0.15) is 4.31 Å². The van der Waals surface area contributed by atoms with Crippen molar-refractivity contribution in [1.82, 2.24) is 4.31 Å². The molecule has 1 fully saturated rings. The maximum absolute atomic E-state index is 12.7. The topological polar surface area (TPSA) is 37.4 Å². The Hall–Kier alpha value is -0.580. The molecule has 3 nitrogen and oxygen atoms in total. The van der Waals surface area contributed by atoms with Gasteiger partial charge >= 0.3 is 0 Å². The Balaban J connectivity index is 2.31. The molecule has 0 aromatic heterocycles. The van der Waals surface area contributed by atoms with Crippen LogP contribution in [-0.2, 0) is 15.9 Å². The molecular weight excluding hydrogens is 282 g/mol. The van der Waals surface area contributed by atoms with Crippen molar-refractivity contribution in [3.63, 3.8) is 0 Å². The van der Waals surface area contributed by atoms with E-state index < -0.39 is 10.0 Å². The highest BCUT2D eigenvalue weighted by Crippen LogP contribution is 2.25. The van der Waals surface area contributed by atoms with Crippen LogP contribution in [0.4, 0.5) is 0 Å². The lowest BCUT2D eigenvalue weighted by molar-refractivity contribution is 0.416. The van der Waals surface area contributed by atoms with Crippen LogP contribution in [-0.4, -0.2) is 25.8 Å². The fourth-order valence-corrected chi connectivity index (χ4v) is 4.51. The van der Waals surface area contributed by atoms with E-state index in [1.807, 2.05) is 6.07 Å². The summed E-state index contributed by atoms with van der Waals surface area (Å²) in [5, 5.41) is 0. The number of alkyl halides is 1. The average Bonchev–Trinajstić information content (AvgIpc) is 2.64. The number of rotatable bonds is 3. The van der Waals surface area contributed by atoms with Crippen molar-refractivity contribution in [3.8, 4) is 0 Å². The van der Waals surface area contributed by atoms with Gasteiger partial charge < -0.3 is 0 Å². The summed E-state index contributed by atoms with van der Waals surface area (Å²) in [6.07, 6.45) is 2.97. The number of benzene rings is 1. The average molecular weight is 302 g/mol. The van der Waals surface area contributed by atoms with Gasteiger partial charge in [0.1, 0.15) is 0 Å². The first-order valence-corrected chi connectivity index (χ1v) is 8.67. The molecule has 1 aliphatic rings. The molecule has 19 heavy (non-hydrogen) atoms. The smallest absolute Gasteiger partial charge is 0.207 e. The molecule has 0 amide bonds. The van der Waals surface area contributed by atoms with Crippen LogP contribution >= 0.6 is 11.6 Å². The fraction of sp³-hybridized carbons (Fsp3) is 0.571. The SMILES string of the molecule is CC1CCCN(S(=O)(=O)c2ccccc2CCl)CC1. The van der Waals surface area contributed by atoms with Crippen LogP contribution in [0, 0.1) is 5.92 Å². The van der Waals surface area contributed by atoms with E-state index in [4.69, 9.17) is 11.6 Å². The lowest BCUT2D eigenvalue weighted by atomic mass is 10.0. The summed E-state index contributed by atoms with van der Waals surface area (Å²) in [5.74, 6) is 0.822. The summed E-state index contributed by atoms with van der Waals surface area (Å²) in [6.45, 7) is 3.41. The molecule has 1 aromatic carbocycles. The number of hydrogen-bond donors (Lipinski definition) is 0. The minimum Gasteiger partial charge on any atom is -0.207 e. The number of nitrogens with zero attached hydrogens (tertiary/aromatic N) is 1. The predicted octanol–water partition coefficient (Wildman–Crippen LogP) is 3.24. The highest BCUT2D eigenvalue weighted by Gasteiger charge is 2.28. The largest absolute Gasteiger partial charge is 0.243 e. The van der Waals surface area contributed by atoms with Gasteiger partial charge in [-0.05, 0) is 36.8 Å². The zero-order valence-electron chi connectivity index (χ0n) is 11.2. The Bertz CT molecular complexity index is 530. The third-order valence-corrected chi connectivity index (χ3v) is 6.00. The molecule has 0 aliphatic carbocycles. The van der Waals surface area contributed by atoms with Gasteiger partial charge in [-0.25, -0.2) is 8.42 Å². The molecule has 5 heteroatoms. The molecule has 1 atom stereocenters. The van der Waals surface area contributed by atoms with Gasteiger partial charge in [-0.3, -0.25) is 0 Å². The normalized spacial score (nSPS) is 22.1. The summed E-state index contributed by atoms with van der Waals surface area (Å²) >= 11 is 5.85. The molecule has 1 aromatic rings. The second kappa shape index (κ2) is 6.25. The molecule has 2 rings (SSSR count). The van der Waals surface area contributed by atoms with E-state index in [-0.39, 0.29) is 5.88 Å². The Labute approximate surface area is 120 Å². The summed E-state index contributed by atoms with van der Waals surface area (Å²) in [6, 6.07) is 7.01. The zero-order chi connectivity index (χ0) is 13.9. The van der Waals surface area contributed by atoms with Crippen LogP contribution in [0.3, 0.4) is 0 Å². The van der Waals surface area contributed by atoms with Gasteiger partial charge in [0, 0.05) is 19.0 Å². The van der Waals surface area contributed by atoms with Crippen LogP contribution in [0.15, 0.2) is 29.2 Å². The summed E-state index contributed by atoms with van der Waals surface area (Å²) < 4.78 is 27.0. The molecule has 1 unspecified atom stereocenters. The van der Waals surface area contributed by atoms with E-state index in [9.17, 15) is 8.42 Å². The van der Waals surface area contributed by atoms with Gasteiger partial charge in [0.25, 0.3) is 0 Å². The summed E-state index contributed by atoms with van der Waals surface area (Å²) in [4.78, 5) is 0.361. The zero-order valence-corrected chi connectivity index (χ0v) is 12.8. The predicted molar refractivity (Wildman–Crippen MR) is 77.8 cm³/mol. The highest BCUT2D eigenvalue weighted by atomic mass is 35.5. The van der Waals surface area contributed by atoms with E-state index >= 15 is 0 Å². The van der Waals surface area contributed by atoms with Gasteiger partial charge in [-0.1, -0.05) is 25.1 Å². The van der Waals surface area contributed by atoms with Crippen LogP contribution < -0.4 is 0 Å². The second-order valence-corrected chi connectivity index (χ2v) is 7.36. The van der Waals surface area contributed by atoms with Crippen molar-refractivity contribution < 1.29 is 8.42 Å². The molecule has 106 valence electrons. The lowest BCUT2D eigenvalue weighted by Crippen LogP contribution is -2.32. The Morgan fingerprint density at radius 1 is 1.26 bits per heavy atom. The molecule has 0 radical (unpaired) electrons. The Morgan fingerprint density at radius 3 is 2.74 bits per heavy atom. The van der Waals surface area contributed by atoms with Crippen LogP contribution in [0.1, 0.15) is 31.7 Å². The van der Waals surface area contributed by atoms with E-state index in [1.165, 1.54) is 0 Å². The van der Waals surface area contributed by atoms with Gasteiger partial charge in [0.2, 0.25) is 10.0 Å².